The Balaban J connectivity index is 2.35. The number of nitrogens with two attached hydrogens (primary N) is 1. The van der Waals surface area contributed by atoms with Gasteiger partial charge >= 0.3 is 0 Å². The summed E-state index contributed by atoms with van der Waals surface area (Å²) in [4.78, 5) is 0. The minimum atomic E-state index is 0.496. The molecule has 0 radical (unpaired) electrons. The van der Waals surface area contributed by atoms with Crippen molar-refractivity contribution in [3.8, 4) is 0 Å². The first kappa shape index (κ1) is 7.07. The van der Waals surface area contributed by atoms with Crippen molar-refractivity contribution in [1.82, 2.24) is 0 Å². The normalized spacial score (nSPS) is 45.0. The summed E-state index contributed by atoms with van der Waals surface area (Å²) in [5.74, 6) is 1.76. The van der Waals surface area contributed by atoms with E-state index < -0.39 is 0 Å². The number of hydrogen-bond acceptors (Lipinski definition) is 1. The molecule has 0 saturated heterocycles. The Labute approximate surface area is 57.6 Å². The molecule has 0 spiro atoms. The van der Waals surface area contributed by atoms with Crippen LogP contribution in [0.25, 0.3) is 0 Å². The summed E-state index contributed by atoms with van der Waals surface area (Å²) in [6.45, 7) is 4.64. The van der Waals surface area contributed by atoms with Crippen LogP contribution in [0.4, 0.5) is 0 Å². The zero-order chi connectivity index (χ0) is 6.85. The minimum Gasteiger partial charge on any atom is -0.328 e. The fourth-order valence-corrected chi connectivity index (χ4v) is 1.59. The van der Waals surface area contributed by atoms with Gasteiger partial charge in [0.1, 0.15) is 0 Å². The van der Waals surface area contributed by atoms with Gasteiger partial charge in [-0.15, -0.1) is 0 Å². The molecule has 0 amide bonds. The van der Waals surface area contributed by atoms with Crippen LogP contribution in [0.5, 0.6) is 0 Å². The molecule has 1 unspecified atom stereocenters. The second kappa shape index (κ2) is 2.70. The van der Waals surface area contributed by atoms with E-state index in [0.29, 0.717) is 6.04 Å². The van der Waals surface area contributed by atoms with Crippen molar-refractivity contribution in [3.05, 3.63) is 0 Å². The Bertz CT molecular complexity index is 90.6. The third-order valence-electron chi connectivity index (χ3n) is 2.64. The maximum absolute atomic E-state index is 5.79. The van der Waals surface area contributed by atoms with E-state index in [1.54, 1.807) is 0 Å². The van der Waals surface area contributed by atoms with Gasteiger partial charge in [-0.1, -0.05) is 13.8 Å². The average molecular weight is 127 g/mol. The molecule has 1 fully saturated rings. The topological polar surface area (TPSA) is 26.0 Å². The van der Waals surface area contributed by atoms with Crippen molar-refractivity contribution in [2.24, 2.45) is 17.6 Å². The predicted molar refractivity (Wildman–Crippen MR) is 40.2 cm³/mol. The minimum absolute atomic E-state index is 0.496. The lowest BCUT2D eigenvalue weighted by Gasteiger charge is -2.29. The molecule has 0 aromatic rings. The molecule has 1 heteroatoms. The second-order valence-electron chi connectivity index (χ2n) is 3.53. The first-order valence-corrected chi connectivity index (χ1v) is 3.95. The van der Waals surface area contributed by atoms with Crippen molar-refractivity contribution < 1.29 is 0 Å². The molecule has 54 valence electrons. The van der Waals surface area contributed by atoms with E-state index >= 15 is 0 Å². The highest BCUT2D eigenvalue weighted by molar-refractivity contribution is 4.76. The van der Waals surface area contributed by atoms with Crippen LogP contribution in [-0.4, -0.2) is 6.04 Å². The molecule has 2 N–H and O–H groups in total. The summed E-state index contributed by atoms with van der Waals surface area (Å²) in [5.41, 5.74) is 5.79. The molecule has 0 bridgehead atoms. The van der Waals surface area contributed by atoms with Gasteiger partial charge in [0, 0.05) is 6.04 Å². The highest BCUT2D eigenvalue weighted by Crippen LogP contribution is 2.27. The van der Waals surface area contributed by atoms with Crippen molar-refractivity contribution in [3.63, 3.8) is 0 Å². The van der Waals surface area contributed by atoms with Gasteiger partial charge in [-0.25, -0.2) is 0 Å². The molecule has 1 nitrogen and oxygen atoms in total. The van der Waals surface area contributed by atoms with Crippen LogP contribution >= 0.6 is 0 Å². The van der Waals surface area contributed by atoms with Crippen LogP contribution in [0.3, 0.4) is 0 Å². The van der Waals surface area contributed by atoms with E-state index in [2.05, 4.69) is 13.8 Å². The van der Waals surface area contributed by atoms with Crippen LogP contribution in [0.2, 0.25) is 0 Å². The molecule has 0 aromatic heterocycles. The van der Waals surface area contributed by atoms with Crippen molar-refractivity contribution in [1.29, 1.82) is 0 Å². The Morgan fingerprint density at radius 1 is 1.11 bits per heavy atom. The maximum Gasteiger partial charge on any atom is 0.00415 e. The average Bonchev–Trinajstić information content (AvgIpc) is 1.80. The highest BCUT2D eigenvalue weighted by Gasteiger charge is 2.21. The molecule has 9 heavy (non-hydrogen) atoms. The zero-order valence-electron chi connectivity index (χ0n) is 6.43. The van der Waals surface area contributed by atoms with Crippen LogP contribution < -0.4 is 5.73 Å². The zero-order valence-corrected chi connectivity index (χ0v) is 6.43. The molecule has 3 atom stereocenters. The van der Waals surface area contributed by atoms with Gasteiger partial charge < -0.3 is 5.73 Å². The standard InChI is InChI=1S/C8H17N/c1-6-3-4-8(9)5-7(6)2/h6-8H,3-5,9H2,1-2H3/t6-,7+,8?/m1/s1. The molecular weight excluding hydrogens is 110 g/mol. The smallest absolute Gasteiger partial charge is 0.00415 e. The van der Waals surface area contributed by atoms with Gasteiger partial charge in [-0.05, 0) is 31.1 Å². The van der Waals surface area contributed by atoms with Crippen LogP contribution in [-0.2, 0) is 0 Å². The lowest BCUT2D eigenvalue weighted by atomic mass is 9.79. The van der Waals surface area contributed by atoms with E-state index in [-0.39, 0.29) is 0 Å². The van der Waals surface area contributed by atoms with Gasteiger partial charge in [-0.3, -0.25) is 0 Å². The second-order valence-corrected chi connectivity index (χ2v) is 3.53. The van der Waals surface area contributed by atoms with Crippen LogP contribution in [0, 0.1) is 11.8 Å². The van der Waals surface area contributed by atoms with E-state index in [1.807, 2.05) is 0 Å². The molecule has 0 aliphatic heterocycles. The van der Waals surface area contributed by atoms with Gasteiger partial charge in [0.25, 0.3) is 0 Å². The van der Waals surface area contributed by atoms with Crippen molar-refractivity contribution in [2.75, 3.05) is 0 Å². The largest absolute Gasteiger partial charge is 0.328 e. The highest BCUT2D eigenvalue weighted by atomic mass is 14.6. The first-order valence-electron chi connectivity index (χ1n) is 3.95. The molecule has 0 aromatic carbocycles. The van der Waals surface area contributed by atoms with Gasteiger partial charge in [-0.2, -0.15) is 0 Å². The van der Waals surface area contributed by atoms with Crippen LogP contribution in [0.15, 0.2) is 0 Å². The molecule has 1 aliphatic carbocycles. The lowest BCUT2D eigenvalue weighted by Crippen LogP contribution is -2.30. The summed E-state index contributed by atoms with van der Waals surface area (Å²) >= 11 is 0. The summed E-state index contributed by atoms with van der Waals surface area (Å²) in [5, 5.41) is 0. The summed E-state index contributed by atoms with van der Waals surface area (Å²) in [6, 6.07) is 0.496. The Kier molecular flexibility index (Phi) is 2.12. The number of rotatable bonds is 0. The van der Waals surface area contributed by atoms with E-state index in [4.69, 9.17) is 5.73 Å². The number of hydrogen-bond donors (Lipinski definition) is 1. The van der Waals surface area contributed by atoms with Gasteiger partial charge in [0.05, 0.1) is 0 Å². The third kappa shape index (κ3) is 1.68. The predicted octanol–water partition coefficient (Wildman–Crippen LogP) is 1.77. The molecule has 1 rings (SSSR count). The first-order chi connectivity index (χ1) is 4.20. The fraction of sp³-hybridized carbons (Fsp3) is 1.00. The van der Waals surface area contributed by atoms with E-state index in [9.17, 15) is 0 Å². The summed E-state index contributed by atoms with van der Waals surface area (Å²) in [6.07, 6.45) is 3.81. The van der Waals surface area contributed by atoms with Crippen molar-refractivity contribution in [2.45, 2.75) is 39.2 Å². The van der Waals surface area contributed by atoms with E-state index in [1.165, 1.54) is 19.3 Å². The fourth-order valence-electron chi connectivity index (χ4n) is 1.59. The summed E-state index contributed by atoms with van der Waals surface area (Å²) < 4.78 is 0. The van der Waals surface area contributed by atoms with Crippen molar-refractivity contribution >= 4 is 0 Å². The maximum atomic E-state index is 5.79. The molecule has 1 aliphatic rings. The molecule has 0 heterocycles. The summed E-state index contributed by atoms with van der Waals surface area (Å²) in [7, 11) is 0. The Morgan fingerprint density at radius 2 is 1.78 bits per heavy atom. The van der Waals surface area contributed by atoms with Gasteiger partial charge in [0.15, 0.2) is 0 Å². The SMILES string of the molecule is C[C@@H]1CCC(N)C[C@@H]1C. The van der Waals surface area contributed by atoms with Crippen LogP contribution in [0.1, 0.15) is 33.1 Å². The quantitative estimate of drug-likeness (QED) is 0.527. The lowest BCUT2D eigenvalue weighted by molar-refractivity contribution is 0.251. The monoisotopic (exact) mass is 127 g/mol. The Hall–Kier alpha value is -0.0400. The van der Waals surface area contributed by atoms with E-state index in [0.717, 1.165) is 11.8 Å². The molecule has 1 saturated carbocycles. The Morgan fingerprint density at radius 3 is 2.22 bits per heavy atom. The third-order valence-corrected chi connectivity index (χ3v) is 2.64. The van der Waals surface area contributed by atoms with Gasteiger partial charge in [0.2, 0.25) is 0 Å². The molecular formula is C8H17N.